The number of benzene rings is 1. The van der Waals surface area contributed by atoms with Gasteiger partial charge < -0.3 is 15.5 Å². The van der Waals surface area contributed by atoms with Crippen molar-refractivity contribution in [1.82, 2.24) is 10.6 Å². The van der Waals surface area contributed by atoms with Gasteiger partial charge in [0.2, 0.25) is 5.91 Å². The molecule has 0 saturated carbocycles. The van der Waals surface area contributed by atoms with Gasteiger partial charge in [-0.25, -0.2) is 0 Å². The molecule has 5 heteroatoms. The number of nitrogens with zero attached hydrogens (tertiary/aromatic N) is 1. The van der Waals surface area contributed by atoms with Gasteiger partial charge in [-0.05, 0) is 43.5 Å². The summed E-state index contributed by atoms with van der Waals surface area (Å²) in [7, 11) is 0. The highest BCUT2D eigenvalue weighted by Crippen LogP contribution is 2.26. The van der Waals surface area contributed by atoms with Crippen molar-refractivity contribution >= 4 is 27.5 Å². The van der Waals surface area contributed by atoms with Gasteiger partial charge in [-0.15, -0.1) is 0 Å². The van der Waals surface area contributed by atoms with E-state index in [2.05, 4.69) is 49.7 Å². The number of amides is 1. The van der Waals surface area contributed by atoms with Gasteiger partial charge in [0.25, 0.3) is 0 Å². The van der Waals surface area contributed by atoms with Gasteiger partial charge in [-0.1, -0.05) is 22.0 Å². The molecule has 2 aliphatic rings. The summed E-state index contributed by atoms with van der Waals surface area (Å²) < 4.78 is 1.12. The molecule has 0 bridgehead atoms. The van der Waals surface area contributed by atoms with Crippen LogP contribution in [0.15, 0.2) is 28.7 Å². The molecule has 2 aliphatic heterocycles. The fourth-order valence-corrected chi connectivity index (χ4v) is 3.56. The molecule has 2 atom stereocenters. The quantitative estimate of drug-likeness (QED) is 0.871. The molecule has 2 unspecified atom stereocenters. The highest BCUT2D eigenvalue weighted by atomic mass is 79.9. The van der Waals surface area contributed by atoms with E-state index in [1.165, 1.54) is 5.69 Å². The number of hydrogen-bond acceptors (Lipinski definition) is 3. The Labute approximate surface area is 134 Å². The Morgan fingerprint density at radius 3 is 3.10 bits per heavy atom. The molecule has 0 radical (unpaired) electrons. The molecule has 2 heterocycles. The third-order valence-electron chi connectivity index (χ3n) is 4.46. The van der Waals surface area contributed by atoms with Crippen molar-refractivity contribution < 1.29 is 4.79 Å². The Bertz CT molecular complexity index is 502. The van der Waals surface area contributed by atoms with E-state index >= 15 is 0 Å². The van der Waals surface area contributed by atoms with Crippen molar-refractivity contribution in [3.05, 3.63) is 28.7 Å². The van der Waals surface area contributed by atoms with Crippen molar-refractivity contribution in [2.75, 3.05) is 37.6 Å². The van der Waals surface area contributed by atoms with Gasteiger partial charge in [-0.2, -0.15) is 0 Å². The molecule has 4 nitrogen and oxygen atoms in total. The van der Waals surface area contributed by atoms with Crippen LogP contribution in [0.4, 0.5) is 5.69 Å². The highest BCUT2D eigenvalue weighted by molar-refractivity contribution is 9.10. The molecule has 114 valence electrons. The second-order valence-corrected chi connectivity index (χ2v) is 6.93. The summed E-state index contributed by atoms with van der Waals surface area (Å²) in [5, 5.41) is 6.38. The van der Waals surface area contributed by atoms with Crippen LogP contribution in [0.25, 0.3) is 0 Å². The molecule has 1 aromatic rings. The third-order valence-corrected chi connectivity index (χ3v) is 4.95. The number of nitrogens with one attached hydrogen (secondary N) is 2. The first-order valence-electron chi connectivity index (χ1n) is 7.71. The number of anilines is 1. The van der Waals surface area contributed by atoms with E-state index < -0.39 is 0 Å². The van der Waals surface area contributed by atoms with E-state index in [1.54, 1.807) is 0 Å². The van der Waals surface area contributed by atoms with Crippen LogP contribution in [0.5, 0.6) is 0 Å². The molecule has 2 fully saturated rings. The lowest BCUT2D eigenvalue weighted by Crippen LogP contribution is -2.36. The normalized spacial score (nSPS) is 25.3. The monoisotopic (exact) mass is 351 g/mol. The molecular weight excluding hydrogens is 330 g/mol. The lowest BCUT2D eigenvalue weighted by Gasteiger charge is -2.19. The molecule has 2 N–H and O–H groups in total. The van der Waals surface area contributed by atoms with Crippen molar-refractivity contribution in [2.45, 2.75) is 12.8 Å². The first-order chi connectivity index (χ1) is 10.2. The van der Waals surface area contributed by atoms with Crippen molar-refractivity contribution in [3.8, 4) is 0 Å². The molecule has 0 aromatic heterocycles. The van der Waals surface area contributed by atoms with Crippen LogP contribution in [0, 0.1) is 11.8 Å². The Morgan fingerprint density at radius 2 is 2.33 bits per heavy atom. The van der Waals surface area contributed by atoms with Crippen LogP contribution < -0.4 is 15.5 Å². The van der Waals surface area contributed by atoms with E-state index in [9.17, 15) is 4.79 Å². The summed E-state index contributed by atoms with van der Waals surface area (Å²) in [4.78, 5) is 14.4. The average molecular weight is 352 g/mol. The predicted molar refractivity (Wildman–Crippen MR) is 88.4 cm³/mol. The standard InChI is InChI=1S/C16H22BrN3O/c17-14-2-1-3-15(8-14)20-7-5-12(11-20)9-19-16(21)13-4-6-18-10-13/h1-3,8,12-13,18H,4-7,9-11H2,(H,19,21). The average Bonchev–Trinajstić information content (AvgIpc) is 3.16. The first-order valence-corrected chi connectivity index (χ1v) is 8.50. The van der Waals surface area contributed by atoms with Crippen LogP contribution in [-0.4, -0.2) is 38.6 Å². The summed E-state index contributed by atoms with van der Waals surface area (Å²) in [6.07, 6.45) is 2.12. The molecule has 0 aliphatic carbocycles. The summed E-state index contributed by atoms with van der Waals surface area (Å²) in [6.45, 7) is 4.71. The van der Waals surface area contributed by atoms with E-state index in [4.69, 9.17) is 0 Å². The predicted octanol–water partition coefficient (Wildman–Crippen LogP) is 2.00. The smallest absolute Gasteiger partial charge is 0.224 e. The van der Waals surface area contributed by atoms with E-state index in [0.29, 0.717) is 5.92 Å². The van der Waals surface area contributed by atoms with Crippen molar-refractivity contribution in [3.63, 3.8) is 0 Å². The zero-order valence-corrected chi connectivity index (χ0v) is 13.7. The second kappa shape index (κ2) is 6.79. The Morgan fingerprint density at radius 1 is 1.43 bits per heavy atom. The van der Waals surface area contributed by atoms with Gasteiger partial charge in [-0.3, -0.25) is 4.79 Å². The molecule has 21 heavy (non-hydrogen) atoms. The summed E-state index contributed by atoms with van der Waals surface area (Å²) >= 11 is 3.52. The molecule has 2 saturated heterocycles. The van der Waals surface area contributed by atoms with Crippen LogP contribution in [0.3, 0.4) is 0 Å². The topological polar surface area (TPSA) is 44.4 Å². The molecule has 3 rings (SSSR count). The molecular formula is C16H22BrN3O. The summed E-state index contributed by atoms with van der Waals surface area (Å²) in [5.41, 5.74) is 1.26. The maximum atomic E-state index is 12.0. The SMILES string of the molecule is O=C(NCC1CCN(c2cccc(Br)c2)C1)C1CCNC1. The van der Waals surface area contributed by atoms with Crippen LogP contribution in [0.1, 0.15) is 12.8 Å². The Kier molecular flexibility index (Phi) is 4.80. The maximum absolute atomic E-state index is 12.0. The van der Waals surface area contributed by atoms with Crippen molar-refractivity contribution in [2.24, 2.45) is 11.8 Å². The number of rotatable bonds is 4. The highest BCUT2D eigenvalue weighted by Gasteiger charge is 2.26. The van der Waals surface area contributed by atoms with Gasteiger partial charge in [0, 0.05) is 36.3 Å². The first kappa shape index (κ1) is 14.9. The molecule has 1 aromatic carbocycles. The van der Waals surface area contributed by atoms with E-state index in [1.807, 2.05) is 6.07 Å². The van der Waals surface area contributed by atoms with Crippen molar-refractivity contribution in [1.29, 1.82) is 0 Å². The summed E-state index contributed by atoms with van der Waals surface area (Å²) in [6, 6.07) is 8.43. The van der Waals surface area contributed by atoms with Crippen LogP contribution in [-0.2, 0) is 4.79 Å². The number of halogens is 1. The van der Waals surface area contributed by atoms with Crippen LogP contribution in [0.2, 0.25) is 0 Å². The summed E-state index contributed by atoms with van der Waals surface area (Å²) in [5.74, 6) is 0.954. The van der Waals surface area contributed by atoms with Gasteiger partial charge >= 0.3 is 0 Å². The third kappa shape index (κ3) is 3.77. The minimum atomic E-state index is 0.174. The van der Waals surface area contributed by atoms with Crippen LogP contribution >= 0.6 is 15.9 Å². The lowest BCUT2D eigenvalue weighted by molar-refractivity contribution is -0.124. The minimum Gasteiger partial charge on any atom is -0.371 e. The molecule has 1 amide bonds. The zero-order chi connectivity index (χ0) is 14.7. The second-order valence-electron chi connectivity index (χ2n) is 6.02. The number of hydrogen-bond donors (Lipinski definition) is 2. The zero-order valence-electron chi connectivity index (χ0n) is 12.1. The molecule has 0 spiro atoms. The van der Waals surface area contributed by atoms with Gasteiger partial charge in [0.05, 0.1) is 5.92 Å². The lowest BCUT2D eigenvalue weighted by atomic mass is 10.1. The van der Waals surface area contributed by atoms with E-state index in [0.717, 1.165) is 50.0 Å². The van der Waals surface area contributed by atoms with Gasteiger partial charge in [0.1, 0.15) is 0 Å². The number of carbonyl (C=O) groups is 1. The number of carbonyl (C=O) groups excluding carboxylic acids is 1. The fourth-order valence-electron chi connectivity index (χ4n) is 3.17. The Hall–Kier alpha value is -1.07. The van der Waals surface area contributed by atoms with Gasteiger partial charge in [0.15, 0.2) is 0 Å². The van der Waals surface area contributed by atoms with E-state index in [-0.39, 0.29) is 11.8 Å². The maximum Gasteiger partial charge on any atom is 0.224 e. The minimum absolute atomic E-state index is 0.174. The Balaban J connectivity index is 1.47. The fraction of sp³-hybridized carbons (Fsp3) is 0.562. The largest absolute Gasteiger partial charge is 0.371 e.